The monoisotopic (exact) mass is 448 g/mol. The van der Waals surface area contributed by atoms with E-state index in [-0.39, 0.29) is 36.0 Å². The van der Waals surface area contributed by atoms with Crippen LogP contribution in [-0.2, 0) is 27.5 Å². The first-order valence-electron chi connectivity index (χ1n) is 9.21. The number of aliphatic hydroxyl groups is 1. The largest absolute Gasteiger partial charge is 0.461 e. The Morgan fingerprint density at radius 3 is 1.94 bits per heavy atom. The SMILES string of the molecule is CC(=O)Nc1c([N+](=O)[O-])ccc(C)c1COC(C)=O.Cc1ccc([N+](=O)[O-])c(N)c1CO. The summed E-state index contributed by atoms with van der Waals surface area (Å²) in [5.41, 5.74) is 7.51. The van der Waals surface area contributed by atoms with E-state index in [1.807, 2.05) is 0 Å². The zero-order chi connectivity index (χ0) is 24.6. The van der Waals surface area contributed by atoms with E-state index in [4.69, 9.17) is 15.6 Å². The van der Waals surface area contributed by atoms with Crippen molar-refractivity contribution in [3.05, 3.63) is 66.7 Å². The van der Waals surface area contributed by atoms with Crippen molar-refractivity contribution < 1.29 is 29.3 Å². The van der Waals surface area contributed by atoms with Crippen LogP contribution < -0.4 is 11.1 Å². The highest BCUT2D eigenvalue weighted by Crippen LogP contribution is 2.31. The molecule has 172 valence electrons. The van der Waals surface area contributed by atoms with Crippen LogP contribution in [0.1, 0.15) is 36.1 Å². The number of hydrogen-bond donors (Lipinski definition) is 3. The van der Waals surface area contributed by atoms with Crippen LogP contribution in [0.3, 0.4) is 0 Å². The number of nitrogen functional groups attached to an aromatic ring is 1. The number of nitrogens with two attached hydrogens (primary N) is 1. The van der Waals surface area contributed by atoms with Gasteiger partial charge in [-0.2, -0.15) is 0 Å². The van der Waals surface area contributed by atoms with Gasteiger partial charge in [0.15, 0.2) is 0 Å². The number of aliphatic hydroxyl groups excluding tert-OH is 1. The lowest BCUT2D eigenvalue weighted by atomic mass is 10.1. The number of nitrogens with one attached hydrogen (secondary N) is 1. The van der Waals surface area contributed by atoms with Crippen LogP contribution in [0.15, 0.2) is 24.3 Å². The highest BCUT2D eigenvalue weighted by atomic mass is 16.6. The van der Waals surface area contributed by atoms with Crippen molar-refractivity contribution in [1.82, 2.24) is 0 Å². The lowest BCUT2D eigenvalue weighted by Gasteiger charge is -2.13. The number of nitro groups is 2. The number of carbonyl (C=O) groups is 2. The van der Waals surface area contributed by atoms with Crippen molar-refractivity contribution in [2.45, 2.75) is 40.9 Å². The van der Waals surface area contributed by atoms with Crippen LogP contribution in [0.5, 0.6) is 0 Å². The molecule has 0 saturated carbocycles. The number of esters is 1. The van der Waals surface area contributed by atoms with Crippen molar-refractivity contribution in [2.24, 2.45) is 0 Å². The van der Waals surface area contributed by atoms with Crippen molar-refractivity contribution in [1.29, 1.82) is 0 Å². The number of amides is 1. The number of ether oxygens (including phenoxy) is 1. The summed E-state index contributed by atoms with van der Waals surface area (Å²) in [6.45, 7) is 5.55. The van der Waals surface area contributed by atoms with Crippen molar-refractivity contribution >= 4 is 34.6 Å². The van der Waals surface area contributed by atoms with E-state index in [1.54, 1.807) is 26.0 Å². The summed E-state index contributed by atoms with van der Waals surface area (Å²) in [5.74, 6) is -0.933. The second-order valence-corrected chi connectivity index (χ2v) is 6.68. The van der Waals surface area contributed by atoms with Crippen LogP contribution >= 0.6 is 0 Å². The second kappa shape index (κ2) is 11.4. The quantitative estimate of drug-likeness (QED) is 0.258. The van der Waals surface area contributed by atoms with Crippen molar-refractivity contribution in [3.8, 4) is 0 Å². The number of benzene rings is 2. The number of nitro benzene ring substituents is 2. The molecule has 12 nitrogen and oxygen atoms in total. The number of nitrogens with zero attached hydrogens (tertiary/aromatic N) is 2. The predicted molar refractivity (Wildman–Crippen MR) is 116 cm³/mol. The smallest absolute Gasteiger partial charge is 0.302 e. The summed E-state index contributed by atoms with van der Waals surface area (Å²) < 4.78 is 4.85. The van der Waals surface area contributed by atoms with Crippen LogP contribution in [-0.4, -0.2) is 26.8 Å². The molecular weight excluding hydrogens is 424 g/mol. The van der Waals surface area contributed by atoms with Gasteiger partial charge in [-0.3, -0.25) is 29.8 Å². The molecule has 0 aliphatic heterocycles. The molecule has 0 atom stereocenters. The first-order chi connectivity index (χ1) is 14.9. The van der Waals surface area contributed by atoms with Crippen LogP contribution in [0.4, 0.5) is 22.7 Å². The van der Waals surface area contributed by atoms with Crippen LogP contribution in [0.25, 0.3) is 0 Å². The van der Waals surface area contributed by atoms with E-state index in [2.05, 4.69) is 5.32 Å². The number of carbonyl (C=O) groups excluding carboxylic acids is 2. The van der Waals surface area contributed by atoms with E-state index in [0.717, 1.165) is 5.56 Å². The molecule has 1 amide bonds. The molecule has 0 bridgehead atoms. The summed E-state index contributed by atoms with van der Waals surface area (Å²) >= 11 is 0. The second-order valence-electron chi connectivity index (χ2n) is 6.68. The molecule has 0 aliphatic carbocycles. The lowest BCUT2D eigenvalue weighted by Crippen LogP contribution is -2.12. The summed E-state index contributed by atoms with van der Waals surface area (Å²) in [4.78, 5) is 42.2. The highest BCUT2D eigenvalue weighted by molar-refractivity contribution is 5.92. The molecule has 0 radical (unpaired) electrons. The maximum absolute atomic E-state index is 11.1. The fourth-order valence-electron chi connectivity index (χ4n) is 2.70. The van der Waals surface area contributed by atoms with E-state index in [0.29, 0.717) is 16.7 Å². The third kappa shape index (κ3) is 6.74. The average molecular weight is 448 g/mol. The van der Waals surface area contributed by atoms with Gasteiger partial charge >= 0.3 is 5.97 Å². The minimum absolute atomic E-state index is 0.0486. The van der Waals surface area contributed by atoms with E-state index in [1.165, 1.54) is 26.0 Å². The topological polar surface area (TPSA) is 188 Å². The van der Waals surface area contributed by atoms with Gasteiger partial charge in [0.25, 0.3) is 11.4 Å². The van der Waals surface area contributed by atoms with Crippen LogP contribution in [0, 0.1) is 34.1 Å². The summed E-state index contributed by atoms with van der Waals surface area (Å²) in [7, 11) is 0. The number of aryl methyl sites for hydroxylation is 2. The van der Waals surface area contributed by atoms with Gasteiger partial charge in [0.1, 0.15) is 18.0 Å². The number of rotatable bonds is 6. The highest BCUT2D eigenvalue weighted by Gasteiger charge is 2.21. The Morgan fingerprint density at radius 1 is 1.00 bits per heavy atom. The Balaban J connectivity index is 0.000000343. The third-order valence-electron chi connectivity index (χ3n) is 4.37. The van der Waals surface area contributed by atoms with Gasteiger partial charge in [0, 0.05) is 37.1 Å². The first kappa shape index (κ1) is 26.0. The van der Waals surface area contributed by atoms with E-state index in [9.17, 15) is 29.8 Å². The fraction of sp³-hybridized carbons (Fsp3) is 0.300. The molecule has 32 heavy (non-hydrogen) atoms. The van der Waals surface area contributed by atoms with Crippen molar-refractivity contribution in [2.75, 3.05) is 11.1 Å². The molecule has 0 aliphatic rings. The fourth-order valence-corrected chi connectivity index (χ4v) is 2.70. The molecule has 4 N–H and O–H groups in total. The summed E-state index contributed by atoms with van der Waals surface area (Å²) in [6, 6.07) is 5.75. The van der Waals surface area contributed by atoms with E-state index >= 15 is 0 Å². The molecule has 12 heteroatoms. The van der Waals surface area contributed by atoms with Gasteiger partial charge in [-0.1, -0.05) is 12.1 Å². The Kier molecular flexibility index (Phi) is 9.22. The zero-order valence-corrected chi connectivity index (χ0v) is 18.0. The molecule has 0 spiro atoms. The molecule has 2 rings (SSSR count). The van der Waals surface area contributed by atoms with Gasteiger partial charge in [0.2, 0.25) is 5.91 Å². The van der Waals surface area contributed by atoms with Gasteiger partial charge in [-0.15, -0.1) is 0 Å². The van der Waals surface area contributed by atoms with Gasteiger partial charge in [-0.25, -0.2) is 0 Å². The van der Waals surface area contributed by atoms with Gasteiger partial charge < -0.3 is 20.9 Å². The minimum atomic E-state index is -0.595. The zero-order valence-electron chi connectivity index (χ0n) is 18.0. The Bertz CT molecular complexity index is 1050. The molecule has 0 unspecified atom stereocenters. The Morgan fingerprint density at radius 2 is 1.50 bits per heavy atom. The average Bonchev–Trinajstić information content (AvgIpc) is 2.67. The molecule has 2 aromatic rings. The Hall–Kier alpha value is -4.06. The normalized spacial score (nSPS) is 9.91. The standard InChI is InChI=1S/C12H14N2O5.C8H10N2O3/c1-7-4-5-11(14(17)18)12(13-8(2)15)10(7)6-19-9(3)16;1-5-2-3-7(10(12)13)8(9)6(5)4-11/h4-5H,6H2,1-3H3,(H,13,15);2-3,11H,4,9H2,1H3. The van der Waals surface area contributed by atoms with E-state index < -0.39 is 21.7 Å². The Labute approximate surface area is 183 Å². The molecule has 0 saturated heterocycles. The maximum Gasteiger partial charge on any atom is 0.302 e. The molecule has 0 fully saturated rings. The number of anilines is 2. The molecular formula is C20H24N4O8. The van der Waals surface area contributed by atoms with Gasteiger partial charge in [0.05, 0.1) is 16.5 Å². The minimum Gasteiger partial charge on any atom is -0.461 e. The molecule has 0 aromatic heterocycles. The summed E-state index contributed by atoms with van der Waals surface area (Å²) in [5, 5.41) is 32.7. The van der Waals surface area contributed by atoms with Crippen molar-refractivity contribution in [3.63, 3.8) is 0 Å². The molecule has 2 aromatic carbocycles. The van der Waals surface area contributed by atoms with Crippen LogP contribution in [0.2, 0.25) is 0 Å². The molecule has 0 heterocycles. The van der Waals surface area contributed by atoms with Gasteiger partial charge in [-0.05, 0) is 25.0 Å². The lowest BCUT2D eigenvalue weighted by molar-refractivity contribution is -0.384. The third-order valence-corrected chi connectivity index (χ3v) is 4.37. The maximum atomic E-state index is 11.1. The summed E-state index contributed by atoms with van der Waals surface area (Å²) in [6.07, 6.45) is 0. The number of hydrogen-bond acceptors (Lipinski definition) is 9. The first-order valence-corrected chi connectivity index (χ1v) is 9.21. The predicted octanol–water partition coefficient (Wildman–Crippen LogP) is 2.90.